The van der Waals surface area contributed by atoms with Gasteiger partial charge in [-0.15, -0.1) is 0 Å². The minimum atomic E-state index is 0.184. The predicted molar refractivity (Wildman–Crippen MR) is 153 cm³/mol. The van der Waals surface area contributed by atoms with Crippen molar-refractivity contribution in [3.05, 3.63) is 102 Å². The van der Waals surface area contributed by atoms with Crippen molar-refractivity contribution in [2.45, 2.75) is 25.9 Å². The fourth-order valence-corrected chi connectivity index (χ4v) is 5.33. The van der Waals surface area contributed by atoms with Gasteiger partial charge >= 0.3 is 212 Å². The third-order valence-electron chi connectivity index (χ3n) is 7.22. The molecule has 0 amide bonds. The molecule has 0 atom stereocenters. The zero-order chi connectivity index (χ0) is 25.4. The summed E-state index contributed by atoms with van der Waals surface area (Å²) in [6.07, 6.45) is 4.65. The summed E-state index contributed by atoms with van der Waals surface area (Å²) >= 11 is 0. The minimum absolute atomic E-state index is 0.184. The van der Waals surface area contributed by atoms with Crippen LogP contribution >= 0.6 is 0 Å². The molecule has 7 heteroatoms. The van der Waals surface area contributed by atoms with Crippen molar-refractivity contribution < 1.29 is 0 Å². The van der Waals surface area contributed by atoms with E-state index in [2.05, 4.69) is 71.8 Å². The number of hydrogen-bond acceptors (Lipinski definition) is 4. The van der Waals surface area contributed by atoms with Crippen molar-refractivity contribution >= 4 is 24.0 Å². The van der Waals surface area contributed by atoms with Crippen LogP contribution in [0, 0.1) is 0 Å². The average molecular weight is 485 g/mol. The van der Waals surface area contributed by atoms with E-state index in [1.54, 1.807) is 4.68 Å². The molecule has 0 saturated carbocycles. The first-order valence-electron chi connectivity index (χ1n) is 12.8. The summed E-state index contributed by atoms with van der Waals surface area (Å²) in [5.74, 6) is 6.56. The molecule has 3 heterocycles. The molecule has 1 fully saturated rings. The van der Waals surface area contributed by atoms with Gasteiger partial charge in [0.05, 0.1) is 0 Å². The van der Waals surface area contributed by atoms with E-state index in [9.17, 15) is 0 Å². The van der Waals surface area contributed by atoms with Gasteiger partial charge < -0.3 is 0 Å². The second kappa shape index (κ2) is 9.75. The van der Waals surface area contributed by atoms with Gasteiger partial charge in [-0.05, 0) is 0 Å². The first kappa shape index (κ1) is 23.3. The van der Waals surface area contributed by atoms with E-state index in [0.29, 0.717) is 5.69 Å². The number of nitrogens with two attached hydrogens (primary N) is 2. The molecule has 1 aliphatic rings. The summed E-state index contributed by atoms with van der Waals surface area (Å²) in [5.41, 5.74) is 14.1. The molecule has 183 valence electrons. The Kier molecular flexibility index (Phi) is 6.14. The molecule has 0 unspecified atom stereocenters. The Morgan fingerprint density at radius 2 is 1.54 bits per heavy atom. The van der Waals surface area contributed by atoms with Crippen molar-refractivity contribution in [1.29, 1.82) is 0 Å². The Morgan fingerprint density at radius 3 is 2.27 bits per heavy atom. The SMILES string of the molecule is [B]=C(N)c1c(-c2ccc3cn(Cc4ccccc4)nc3c2)cc(-c2ccc(CN3CCCC3)cc2)n1N. The van der Waals surface area contributed by atoms with Crippen LogP contribution in [0.5, 0.6) is 0 Å². The summed E-state index contributed by atoms with van der Waals surface area (Å²) in [7, 11) is 6.13. The molecule has 5 aromatic rings. The van der Waals surface area contributed by atoms with Crippen LogP contribution in [-0.4, -0.2) is 45.5 Å². The van der Waals surface area contributed by atoms with E-state index in [4.69, 9.17) is 24.2 Å². The molecule has 3 aromatic carbocycles. The Labute approximate surface area is 218 Å². The molecule has 0 bridgehead atoms. The first-order valence-corrected chi connectivity index (χ1v) is 12.8. The number of rotatable bonds is 7. The van der Waals surface area contributed by atoms with Gasteiger partial charge in [0.2, 0.25) is 0 Å². The summed E-state index contributed by atoms with van der Waals surface area (Å²) < 4.78 is 3.57. The Hall–Kier alpha value is -4.10. The van der Waals surface area contributed by atoms with Crippen LogP contribution in [0.3, 0.4) is 0 Å². The van der Waals surface area contributed by atoms with Crippen molar-refractivity contribution in [3.8, 4) is 22.4 Å². The summed E-state index contributed by atoms with van der Waals surface area (Å²) in [6, 6.07) is 27.2. The van der Waals surface area contributed by atoms with Gasteiger partial charge in [-0.3, -0.25) is 0 Å². The number of hydrogen-bond donors (Lipinski definition) is 2. The number of fused-ring (bicyclic) bond motifs is 1. The topological polar surface area (TPSA) is 78.0 Å². The molecule has 37 heavy (non-hydrogen) atoms. The number of nitrogen functional groups attached to an aromatic ring is 1. The number of likely N-dealkylation sites (tertiary alicyclic amines) is 1. The standard InChI is InChI=1S/C30H30BN6/c31-30(32)29-26(17-28(37(29)33)23-10-8-22(9-11-23)18-35-14-4-5-15-35)24-12-13-25-20-36(34-27(25)16-24)19-21-6-2-1-3-7-21/h1-3,6-13,16-17,20H,4-5,14-15,18-19,32-33H2. The van der Waals surface area contributed by atoms with Crippen molar-refractivity contribution in [2.24, 2.45) is 5.73 Å². The van der Waals surface area contributed by atoms with E-state index >= 15 is 0 Å². The maximum absolute atomic E-state index is 6.56. The molecule has 6 rings (SSSR count). The molecule has 1 radical (unpaired) electrons. The maximum atomic E-state index is 6.56. The quantitative estimate of drug-likeness (QED) is 0.268. The Bertz CT molecular complexity index is 1560. The van der Waals surface area contributed by atoms with Crippen LogP contribution in [0.2, 0.25) is 0 Å². The van der Waals surface area contributed by atoms with E-state index in [1.165, 1.54) is 37.1 Å². The summed E-state index contributed by atoms with van der Waals surface area (Å²) in [4.78, 5) is 2.50. The first-order chi connectivity index (χ1) is 18.0. The van der Waals surface area contributed by atoms with Crippen LogP contribution in [-0.2, 0) is 13.1 Å². The van der Waals surface area contributed by atoms with Crippen LogP contribution < -0.4 is 11.6 Å². The summed E-state index contributed by atoms with van der Waals surface area (Å²) in [5, 5.41) is 5.89. The fourth-order valence-electron chi connectivity index (χ4n) is 5.33. The Morgan fingerprint density at radius 1 is 0.838 bits per heavy atom. The van der Waals surface area contributed by atoms with E-state index in [1.807, 2.05) is 22.9 Å². The van der Waals surface area contributed by atoms with E-state index in [0.717, 1.165) is 46.4 Å². The third kappa shape index (κ3) is 4.70. The van der Waals surface area contributed by atoms with Gasteiger partial charge in [-0.1, -0.05) is 6.07 Å². The van der Waals surface area contributed by atoms with Crippen LogP contribution in [0.25, 0.3) is 33.3 Å². The van der Waals surface area contributed by atoms with Crippen molar-refractivity contribution in [2.75, 3.05) is 18.9 Å². The Balaban J connectivity index is 1.32. The molecule has 0 aliphatic carbocycles. The van der Waals surface area contributed by atoms with Crippen molar-refractivity contribution in [1.82, 2.24) is 19.4 Å². The van der Waals surface area contributed by atoms with Crippen molar-refractivity contribution in [3.63, 3.8) is 0 Å². The van der Waals surface area contributed by atoms with Gasteiger partial charge in [0.25, 0.3) is 0 Å². The zero-order valence-electron chi connectivity index (χ0n) is 20.8. The molecule has 1 aliphatic heterocycles. The molecule has 0 spiro atoms. The number of aromatic nitrogens is 3. The summed E-state index contributed by atoms with van der Waals surface area (Å²) in [6.45, 7) is 4.07. The van der Waals surface area contributed by atoms with Gasteiger partial charge in [0.1, 0.15) is 0 Å². The van der Waals surface area contributed by atoms with E-state index < -0.39 is 0 Å². The third-order valence-corrected chi connectivity index (χ3v) is 7.22. The molecule has 2 aromatic heterocycles. The molecule has 4 N–H and O–H groups in total. The zero-order valence-corrected chi connectivity index (χ0v) is 20.8. The molecular weight excluding hydrogens is 455 g/mol. The molecule has 1 saturated heterocycles. The monoisotopic (exact) mass is 485 g/mol. The average Bonchev–Trinajstić information content (AvgIpc) is 3.63. The van der Waals surface area contributed by atoms with Gasteiger partial charge in [-0.25, -0.2) is 0 Å². The fraction of sp³-hybridized carbons (Fsp3) is 0.200. The molecular formula is C30H30BN6. The van der Waals surface area contributed by atoms with E-state index in [-0.39, 0.29) is 5.59 Å². The van der Waals surface area contributed by atoms with Gasteiger partial charge in [-0.2, -0.15) is 0 Å². The second-order valence-corrected chi connectivity index (χ2v) is 9.88. The normalized spacial score (nSPS) is 13.9. The van der Waals surface area contributed by atoms with Gasteiger partial charge in [0, 0.05) is 0 Å². The van der Waals surface area contributed by atoms with Crippen LogP contribution in [0.4, 0.5) is 0 Å². The van der Waals surface area contributed by atoms with Crippen LogP contribution in [0.1, 0.15) is 29.7 Å². The van der Waals surface area contributed by atoms with Gasteiger partial charge in [0.15, 0.2) is 0 Å². The molecule has 6 nitrogen and oxygen atoms in total. The second-order valence-electron chi connectivity index (χ2n) is 9.88. The number of benzene rings is 3. The number of nitrogens with zero attached hydrogens (tertiary/aromatic N) is 4. The van der Waals surface area contributed by atoms with Crippen LogP contribution in [0.15, 0.2) is 85.1 Å². The predicted octanol–water partition coefficient (Wildman–Crippen LogP) is 4.13.